The molecule has 4 aromatic heterocycles. The number of anilines is 3. The van der Waals surface area contributed by atoms with E-state index in [0.717, 1.165) is 47.6 Å². The fraction of sp³-hybridized carbons (Fsp3) is 0.300. The number of aryl methyl sites for hydroxylation is 1. The van der Waals surface area contributed by atoms with Crippen molar-refractivity contribution in [3.63, 3.8) is 0 Å². The zero-order valence-corrected chi connectivity index (χ0v) is 23.2. The average Bonchev–Trinajstić information content (AvgIpc) is 3.39. The number of hydrogen-bond acceptors (Lipinski definition) is 9. The fourth-order valence-corrected chi connectivity index (χ4v) is 5.30. The molecule has 1 aromatic carbocycles. The van der Waals surface area contributed by atoms with Crippen LogP contribution in [0.3, 0.4) is 0 Å². The summed E-state index contributed by atoms with van der Waals surface area (Å²) in [6, 6.07) is 18.8. The normalized spacial score (nSPS) is 17.8. The molecule has 1 fully saturated rings. The van der Waals surface area contributed by atoms with Crippen LogP contribution < -0.4 is 15.0 Å². The Morgan fingerprint density at radius 1 is 0.975 bits per heavy atom. The van der Waals surface area contributed by atoms with Crippen molar-refractivity contribution in [2.45, 2.75) is 39.4 Å². The Morgan fingerprint density at radius 2 is 1.80 bits per heavy atom. The van der Waals surface area contributed by atoms with Crippen molar-refractivity contribution in [2.75, 3.05) is 30.4 Å². The number of H-pyrrole nitrogens is 1. The number of pyridine rings is 2. The highest BCUT2D eigenvalue weighted by Gasteiger charge is 2.30. The molecule has 6 rings (SSSR count). The number of fused-ring (bicyclic) bond motifs is 1. The zero-order valence-electron chi connectivity index (χ0n) is 23.2. The highest BCUT2D eigenvalue weighted by atomic mass is 16.5. The van der Waals surface area contributed by atoms with E-state index in [1.165, 1.54) is 5.56 Å². The number of rotatable bonds is 7. The molecule has 0 radical (unpaired) electrons. The number of para-hydroxylation sites is 1. The molecule has 10 nitrogen and oxygen atoms in total. The second-order valence-electron chi connectivity index (χ2n) is 10.4. The smallest absolute Gasteiger partial charge is 0.212 e. The molecule has 2 atom stereocenters. The van der Waals surface area contributed by atoms with E-state index < -0.39 is 0 Å². The highest BCUT2D eigenvalue weighted by Crippen LogP contribution is 2.28. The molecule has 1 aliphatic rings. The van der Waals surface area contributed by atoms with E-state index in [2.05, 4.69) is 62.3 Å². The summed E-state index contributed by atoms with van der Waals surface area (Å²) in [5.41, 5.74) is 3.88. The molecular weight excluding hydrogens is 502 g/mol. The maximum Gasteiger partial charge on any atom is 0.212 e. The number of nitrogens with zero attached hydrogens (tertiary/aromatic N) is 7. The van der Waals surface area contributed by atoms with Gasteiger partial charge in [-0.2, -0.15) is 5.10 Å². The molecule has 204 valence electrons. The Bertz CT molecular complexity index is 1590. The third-order valence-corrected chi connectivity index (χ3v) is 7.36. The molecule has 0 spiro atoms. The predicted octanol–water partition coefficient (Wildman–Crippen LogP) is 4.97. The molecule has 0 amide bonds. The summed E-state index contributed by atoms with van der Waals surface area (Å²) in [7, 11) is 1.64. The van der Waals surface area contributed by atoms with Crippen LogP contribution in [-0.2, 0) is 6.54 Å². The monoisotopic (exact) mass is 535 g/mol. The molecule has 1 aliphatic heterocycles. The minimum atomic E-state index is 0.357. The van der Waals surface area contributed by atoms with Crippen LogP contribution in [0.15, 0.2) is 67.0 Å². The Kier molecular flexibility index (Phi) is 7.00. The van der Waals surface area contributed by atoms with Gasteiger partial charge >= 0.3 is 0 Å². The second kappa shape index (κ2) is 10.9. The number of aromatic amines is 1. The third kappa shape index (κ3) is 5.30. The maximum atomic E-state index is 5.20. The first-order chi connectivity index (χ1) is 19.5. The zero-order chi connectivity index (χ0) is 27.6. The van der Waals surface area contributed by atoms with Gasteiger partial charge in [0.1, 0.15) is 11.6 Å². The van der Waals surface area contributed by atoms with Gasteiger partial charge in [0.2, 0.25) is 5.88 Å². The van der Waals surface area contributed by atoms with Crippen LogP contribution in [0.2, 0.25) is 0 Å². The fourth-order valence-electron chi connectivity index (χ4n) is 5.30. The SMILES string of the molecule is COc1ccc(CN2C(C)CN(c3ccc(-c4nc(Nc5cc(C)[nH]n5)c5ccccc5n4)cn3)C[C@H]2C)cn1. The number of methoxy groups -OCH3 is 1. The van der Waals surface area contributed by atoms with Gasteiger partial charge in [0.15, 0.2) is 11.6 Å². The summed E-state index contributed by atoms with van der Waals surface area (Å²) in [5, 5.41) is 11.5. The predicted molar refractivity (Wildman–Crippen MR) is 157 cm³/mol. The number of ether oxygens (including phenoxy) is 1. The lowest BCUT2D eigenvalue weighted by Gasteiger charge is -2.45. The van der Waals surface area contributed by atoms with E-state index in [1.807, 2.05) is 55.7 Å². The Morgan fingerprint density at radius 3 is 2.48 bits per heavy atom. The lowest BCUT2D eigenvalue weighted by Crippen LogP contribution is -2.56. The molecule has 0 aliphatic carbocycles. The van der Waals surface area contributed by atoms with Crippen LogP contribution in [0.5, 0.6) is 5.88 Å². The van der Waals surface area contributed by atoms with Crippen molar-refractivity contribution in [3.8, 4) is 17.3 Å². The first-order valence-electron chi connectivity index (χ1n) is 13.5. The molecule has 5 aromatic rings. The summed E-state index contributed by atoms with van der Waals surface area (Å²) >= 11 is 0. The van der Waals surface area contributed by atoms with Gasteiger partial charge in [-0.05, 0) is 50.6 Å². The lowest BCUT2D eigenvalue weighted by molar-refractivity contribution is 0.122. The van der Waals surface area contributed by atoms with Gasteiger partial charge in [-0.25, -0.2) is 19.9 Å². The topological polar surface area (TPSA) is 108 Å². The van der Waals surface area contributed by atoms with Gasteiger partial charge in [-0.15, -0.1) is 0 Å². The van der Waals surface area contributed by atoms with Crippen LogP contribution in [0.4, 0.5) is 17.5 Å². The largest absolute Gasteiger partial charge is 0.481 e. The number of hydrogen-bond donors (Lipinski definition) is 2. The molecule has 0 saturated carbocycles. The molecule has 1 saturated heterocycles. The van der Waals surface area contributed by atoms with Crippen molar-refractivity contribution in [2.24, 2.45) is 0 Å². The molecule has 40 heavy (non-hydrogen) atoms. The minimum absolute atomic E-state index is 0.357. The number of nitrogens with one attached hydrogen (secondary N) is 2. The number of aromatic nitrogens is 6. The Hall–Kier alpha value is -4.57. The van der Waals surface area contributed by atoms with E-state index in [1.54, 1.807) is 7.11 Å². The van der Waals surface area contributed by atoms with Crippen molar-refractivity contribution in [3.05, 3.63) is 78.2 Å². The van der Waals surface area contributed by atoms with E-state index in [0.29, 0.717) is 35.4 Å². The van der Waals surface area contributed by atoms with Gasteiger partial charge in [0.05, 0.1) is 12.6 Å². The van der Waals surface area contributed by atoms with Gasteiger partial charge < -0.3 is 15.0 Å². The summed E-state index contributed by atoms with van der Waals surface area (Å²) in [4.78, 5) is 23.8. The first-order valence-corrected chi connectivity index (χ1v) is 13.5. The number of benzene rings is 1. The van der Waals surface area contributed by atoms with Gasteiger partial charge in [0, 0.05) is 72.9 Å². The molecule has 2 N–H and O–H groups in total. The first kappa shape index (κ1) is 25.7. The summed E-state index contributed by atoms with van der Waals surface area (Å²) < 4.78 is 5.20. The van der Waals surface area contributed by atoms with E-state index >= 15 is 0 Å². The van der Waals surface area contributed by atoms with Gasteiger partial charge in [0.25, 0.3) is 0 Å². The van der Waals surface area contributed by atoms with Gasteiger partial charge in [-0.1, -0.05) is 18.2 Å². The maximum absolute atomic E-state index is 5.20. The van der Waals surface area contributed by atoms with Crippen LogP contribution in [0.1, 0.15) is 25.1 Å². The van der Waals surface area contributed by atoms with Crippen LogP contribution in [0.25, 0.3) is 22.3 Å². The molecule has 0 bridgehead atoms. The van der Waals surface area contributed by atoms with Crippen LogP contribution >= 0.6 is 0 Å². The quantitative estimate of drug-likeness (QED) is 0.299. The van der Waals surface area contributed by atoms with E-state index in [4.69, 9.17) is 19.7 Å². The van der Waals surface area contributed by atoms with Crippen molar-refractivity contribution in [1.82, 2.24) is 35.0 Å². The molecule has 1 unspecified atom stereocenters. The van der Waals surface area contributed by atoms with Crippen molar-refractivity contribution in [1.29, 1.82) is 0 Å². The average molecular weight is 536 g/mol. The van der Waals surface area contributed by atoms with E-state index in [9.17, 15) is 0 Å². The Balaban J connectivity index is 1.19. The Labute approximate surface area is 233 Å². The summed E-state index contributed by atoms with van der Waals surface area (Å²) in [5.74, 6) is 3.64. The third-order valence-electron chi connectivity index (χ3n) is 7.36. The van der Waals surface area contributed by atoms with E-state index in [-0.39, 0.29) is 0 Å². The lowest BCUT2D eigenvalue weighted by atomic mass is 10.1. The second-order valence-corrected chi connectivity index (χ2v) is 10.4. The highest BCUT2D eigenvalue weighted by molar-refractivity contribution is 5.91. The standard InChI is InChI=1S/C30H33N9O/c1-19-13-26(37-36-19)34-30-24-7-5-6-8-25(24)33-29(35-30)23-10-11-27(31-15-23)38-16-20(2)39(21(3)17-38)18-22-9-12-28(40-4)32-14-22/h5-15,20-21H,16-18H2,1-4H3,(H2,33,34,35,36,37)/t20-,21?/m1/s1. The summed E-state index contributed by atoms with van der Waals surface area (Å²) in [6.45, 7) is 9.15. The summed E-state index contributed by atoms with van der Waals surface area (Å²) in [6.07, 6.45) is 3.77. The van der Waals surface area contributed by atoms with Crippen LogP contribution in [0, 0.1) is 6.92 Å². The number of piperazine rings is 1. The molecule has 5 heterocycles. The van der Waals surface area contributed by atoms with Gasteiger partial charge in [-0.3, -0.25) is 10.00 Å². The molecular formula is C30H33N9O. The minimum Gasteiger partial charge on any atom is -0.481 e. The van der Waals surface area contributed by atoms with Crippen molar-refractivity contribution >= 4 is 28.4 Å². The van der Waals surface area contributed by atoms with Crippen molar-refractivity contribution < 1.29 is 4.74 Å². The molecule has 10 heteroatoms. The van der Waals surface area contributed by atoms with Crippen LogP contribution in [-0.4, -0.2) is 67.3 Å².